The van der Waals surface area contributed by atoms with E-state index in [0.29, 0.717) is 18.1 Å². The van der Waals surface area contributed by atoms with Crippen LogP contribution >= 0.6 is 0 Å². The number of piperidine rings is 1. The van der Waals surface area contributed by atoms with Crippen molar-refractivity contribution in [3.63, 3.8) is 0 Å². The Morgan fingerprint density at radius 2 is 2.04 bits per heavy atom. The van der Waals surface area contributed by atoms with Gasteiger partial charge in [0, 0.05) is 25.4 Å². The SMILES string of the molecule is C=CCOC1CC2(CCN(Cc3cnn(C)c3)CC2)C1.O=C(O)C(F)(F)F. The van der Waals surface area contributed by atoms with Crippen LogP contribution in [0.4, 0.5) is 13.2 Å². The van der Waals surface area contributed by atoms with Crippen molar-refractivity contribution in [1.29, 1.82) is 0 Å². The van der Waals surface area contributed by atoms with Gasteiger partial charge in [-0.2, -0.15) is 18.3 Å². The molecular formula is C18H26F3N3O3. The van der Waals surface area contributed by atoms with Gasteiger partial charge in [-0.05, 0) is 44.2 Å². The number of rotatable bonds is 5. The summed E-state index contributed by atoms with van der Waals surface area (Å²) in [6.45, 7) is 7.88. The minimum Gasteiger partial charge on any atom is -0.475 e. The van der Waals surface area contributed by atoms with Gasteiger partial charge in [0.1, 0.15) is 0 Å². The first-order chi connectivity index (χ1) is 12.6. The van der Waals surface area contributed by atoms with Crippen LogP contribution in [0, 0.1) is 5.41 Å². The van der Waals surface area contributed by atoms with Crippen molar-refractivity contribution in [3.8, 4) is 0 Å². The Bertz CT molecular complexity index is 629. The number of carboxylic acids is 1. The fourth-order valence-corrected chi connectivity index (χ4v) is 3.63. The van der Waals surface area contributed by atoms with Crippen molar-refractivity contribution >= 4 is 5.97 Å². The summed E-state index contributed by atoms with van der Waals surface area (Å²) in [4.78, 5) is 11.5. The minimum absolute atomic E-state index is 0.484. The van der Waals surface area contributed by atoms with Crippen LogP contribution in [-0.2, 0) is 23.1 Å². The second kappa shape index (κ2) is 8.88. The smallest absolute Gasteiger partial charge is 0.475 e. The van der Waals surface area contributed by atoms with Crippen LogP contribution in [0.1, 0.15) is 31.2 Å². The molecule has 1 saturated heterocycles. The summed E-state index contributed by atoms with van der Waals surface area (Å²) < 4.78 is 39.4. The molecule has 1 aromatic heterocycles. The maximum absolute atomic E-state index is 10.6. The van der Waals surface area contributed by atoms with Crippen LogP contribution in [0.3, 0.4) is 0 Å². The van der Waals surface area contributed by atoms with Crippen molar-refractivity contribution < 1.29 is 27.8 Å². The molecule has 1 aromatic rings. The van der Waals surface area contributed by atoms with Crippen molar-refractivity contribution in [1.82, 2.24) is 14.7 Å². The zero-order valence-corrected chi connectivity index (χ0v) is 15.4. The molecule has 0 unspecified atom stereocenters. The first-order valence-corrected chi connectivity index (χ1v) is 8.86. The predicted molar refractivity (Wildman–Crippen MR) is 93.0 cm³/mol. The van der Waals surface area contributed by atoms with E-state index in [9.17, 15) is 13.2 Å². The zero-order valence-electron chi connectivity index (χ0n) is 15.4. The number of nitrogens with zero attached hydrogens (tertiary/aromatic N) is 3. The van der Waals surface area contributed by atoms with Gasteiger partial charge >= 0.3 is 12.1 Å². The molecule has 2 fully saturated rings. The summed E-state index contributed by atoms with van der Waals surface area (Å²) in [6.07, 6.45) is 6.49. The Hall–Kier alpha value is -1.87. The maximum atomic E-state index is 10.6. The van der Waals surface area contributed by atoms with E-state index >= 15 is 0 Å². The average Bonchev–Trinajstić information content (AvgIpc) is 2.97. The summed E-state index contributed by atoms with van der Waals surface area (Å²) in [5.74, 6) is -2.76. The molecule has 1 N–H and O–H groups in total. The second-order valence-electron chi connectivity index (χ2n) is 7.25. The van der Waals surface area contributed by atoms with Crippen LogP contribution < -0.4 is 0 Å². The summed E-state index contributed by atoms with van der Waals surface area (Å²) in [5, 5.41) is 11.4. The molecule has 2 aliphatic rings. The number of hydrogen-bond donors (Lipinski definition) is 1. The molecular weight excluding hydrogens is 363 g/mol. The van der Waals surface area contributed by atoms with Gasteiger partial charge in [0.2, 0.25) is 0 Å². The molecule has 0 aromatic carbocycles. The Labute approximate surface area is 156 Å². The summed E-state index contributed by atoms with van der Waals surface area (Å²) in [7, 11) is 1.98. The molecule has 0 amide bonds. The largest absolute Gasteiger partial charge is 0.490 e. The van der Waals surface area contributed by atoms with Gasteiger partial charge in [-0.3, -0.25) is 9.58 Å². The number of hydrogen-bond acceptors (Lipinski definition) is 4. The standard InChI is InChI=1S/C16H25N3O.C2HF3O2/c1-3-8-20-15-9-16(10-15)4-6-19(7-5-16)13-14-11-17-18(2)12-14;3-2(4,5)1(6)7/h3,11-12,15H,1,4-10,13H2,2H3;(H,6,7). The molecule has 27 heavy (non-hydrogen) atoms. The van der Waals surface area contributed by atoms with Gasteiger partial charge < -0.3 is 9.84 Å². The molecule has 1 aliphatic heterocycles. The maximum Gasteiger partial charge on any atom is 0.490 e. The number of likely N-dealkylation sites (tertiary alicyclic amines) is 1. The fraction of sp³-hybridized carbons (Fsp3) is 0.667. The monoisotopic (exact) mass is 389 g/mol. The first kappa shape index (κ1) is 21.4. The van der Waals surface area contributed by atoms with Gasteiger partial charge in [-0.15, -0.1) is 6.58 Å². The minimum atomic E-state index is -5.08. The molecule has 0 atom stereocenters. The van der Waals surface area contributed by atoms with Crippen molar-refractivity contribution in [2.24, 2.45) is 12.5 Å². The summed E-state index contributed by atoms with van der Waals surface area (Å²) in [6, 6.07) is 0. The van der Waals surface area contributed by atoms with Crippen molar-refractivity contribution in [3.05, 3.63) is 30.6 Å². The van der Waals surface area contributed by atoms with Gasteiger partial charge in [-0.1, -0.05) is 6.08 Å². The highest BCUT2D eigenvalue weighted by molar-refractivity contribution is 5.73. The second-order valence-corrected chi connectivity index (χ2v) is 7.25. The highest BCUT2D eigenvalue weighted by Crippen LogP contribution is 2.50. The normalized spacial score (nSPS) is 19.9. The Kier molecular flexibility index (Phi) is 7.05. The number of aliphatic carboxylic acids is 1. The molecule has 1 aliphatic carbocycles. The molecule has 1 spiro atoms. The van der Waals surface area contributed by atoms with E-state index < -0.39 is 12.1 Å². The van der Waals surface area contributed by atoms with Crippen LogP contribution in [0.15, 0.2) is 25.0 Å². The molecule has 6 nitrogen and oxygen atoms in total. The fourth-order valence-electron chi connectivity index (χ4n) is 3.63. The van der Waals surface area contributed by atoms with Crippen LogP contribution in [0.5, 0.6) is 0 Å². The van der Waals surface area contributed by atoms with E-state index in [2.05, 4.69) is 22.8 Å². The summed E-state index contributed by atoms with van der Waals surface area (Å²) >= 11 is 0. The Morgan fingerprint density at radius 3 is 2.48 bits per heavy atom. The van der Waals surface area contributed by atoms with Gasteiger partial charge in [0.25, 0.3) is 0 Å². The number of aryl methyl sites for hydroxylation is 1. The predicted octanol–water partition coefficient (Wildman–Crippen LogP) is 3.00. The lowest BCUT2D eigenvalue weighted by molar-refractivity contribution is -0.192. The Balaban J connectivity index is 0.000000321. The highest BCUT2D eigenvalue weighted by Gasteiger charge is 2.46. The number of ether oxygens (including phenoxy) is 1. The van der Waals surface area contributed by atoms with E-state index in [1.54, 1.807) is 0 Å². The quantitative estimate of drug-likeness (QED) is 0.785. The number of carbonyl (C=O) groups is 1. The van der Waals surface area contributed by atoms with Gasteiger partial charge in [0.05, 0.1) is 18.9 Å². The van der Waals surface area contributed by atoms with Crippen LogP contribution in [0.25, 0.3) is 0 Å². The molecule has 0 radical (unpaired) electrons. The number of carboxylic acid groups (broad SMARTS) is 1. The van der Waals surface area contributed by atoms with Gasteiger partial charge in [0.15, 0.2) is 0 Å². The molecule has 0 bridgehead atoms. The van der Waals surface area contributed by atoms with Gasteiger partial charge in [-0.25, -0.2) is 4.79 Å². The third kappa shape index (κ3) is 6.35. The Morgan fingerprint density at radius 1 is 1.44 bits per heavy atom. The lowest BCUT2D eigenvalue weighted by atomic mass is 9.61. The molecule has 1 saturated carbocycles. The molecule has 152 valence electrons. The number of alkyl halides is 3. The summed E-state index contributed by atoms with van der Waals surface area (Å²) in [5.41, 5.74) is 1.90. The lowest BCUT2D eigenvalue weighted by Crippen LogP contribution is -2.49. The van der Waals surface area contributed by atoms with E-state index in [-0.39, 0.29) is 0 Å². The number of aromatic nitrogens is 2. The first-order valence-electron chi connectivity index (χ1n) is 8.86. The van der Waals surface area contributed by atoms with Crippen LogP contribution in [-0.4, -0.2) is 57.7 Å². The zero-order chi connectivity index (χ0) is 20.1. The molecule has 9 heteroatoms. The third-order valence-corrected chi connectivity index (χ3v) is 5.09. The number of halogens is 3. The van der Waals surface area contributed by atoms with Crippen LogP contribution in [0.2, 0.25) is 0 Å². The van der Waals surface area contributed by atoms with Crippen molar-refractivity contribution in [2.75, 3.05) is 19.7 Å². The third-order valence-electron chi connectivity index (χ3n) is 5.09. The lowest BCUT2D eigenvalue weighted by Gasteiger charge is -2.51. The van der Waals surface area contributed by atoms with E-state index in [1.165, 1.54) is 44.3 Å². The molecule has 2 heterocycles. The van der Waals surface area contributed by atoms with E-state index in [0.717, 1.165) is 6.54 Å². The van der Waals surface area contributed by atoms with E-state index in [1.807, 2.05) is 24.0 Å². The topological polar surface area (TPSA) is 67.6 Å². The average molecular weight is 389 g/mol. The molecule has 3 rings (SSSR count). The highest BCUT2D eigenvalue weighted by atomic mass is 19.4. The van der Waals surface area contributed by atoms with E-state index in [4.69, 9.17) is 14.6 Å². The van der Waals surface area contributed by atoms with Crippen molar-refractivity contribution in [2.45, 2.75) is 44.5 Å².